The first-order valence-corrected chi connectivity index (χ1v) is 8.56. The molecule has 1 aromatic heterocycles. The quantitative estimate of drug-likeness (QED) is 0.652. The second-order valence-corrected chi connectivity index (χ2v) is 6.36. The fourth-order valence-corrected chi connectivity index (χ4v) is 3.04. The van der Waals surface area contributed by atoms with E-state index in [1.165, 1.54) is 5.56 Å². The molecule has 0 bridgehead atoms. The van der Waals surface area contributed by atoms with Crippen LogP contribution in [0.15, 0.2) is 47.3 Å². The highest BCUT2D eigenvalue weighted by atomic mass is 16.1. The first-order valence-electron chi connectivity index (χ1n) is 8.56. The Bertz CT molecular complexity index is 1010. The van der Waals surface area contributed by atoms with Crippen molar-refractivity contribution in [3.8, 4) is 17.3 Å². The number of hydrogen-bond acceptors (Lipinski definition) is 3. The maximum absolute atomic E-state index is 12.8. The van der Waals surface area contributed by atoms with Crippen molar-refractivity contribution in [1.29, 1.82) is 5.26 Å². The number of hydrogen-bond donors (Lipinski definition) is 0. The standard InChI is InChI=1S/C21H21N3O/c1-15-10-11-16(2)19(14-15)20-17-8-4-5-9-18(17)21(25)24(23-20)13-7-3-6-12-22/h4-5,8-11,14H,3,6-7,13H2,1-2H3. The van der Waals surface area contributed by atoms with Gasteiger partial charge in [-0.2, -0.15) is 10.4 Å². The third-order valence-corrected chi connectivity index (χ3v) is 4.42. The van der Waals surface area contributed by atoms with Crippen molar-refractivity contribution >= 4 is 10.8 Å². The van der Waals surface area contributed by atoms with Crippen molar-refractivity contribution in [2.75, 3.05) is 0 Å². The van der Waals surface area contributed by atoms with Crippen LogP contribution >= 0.6 is 0 Å². The monoisotopic (exact) mass is 331 g/mol. The number of nitriles is 1. The molecule has 1 heterocycles. The molecule has 4 heteroatoms. The zero-order valence-electron chi connectivity index (χ0n) is 14.6. The van der Waals surface area contributed by atoms with Gasteiger partial charge in [0.2, 0.25) is 0 Å². The number of aryl methyl sites for hydroxylation is 3. The fraction of sp³-hybridized carbons (Fsp3) is 0.286. The van der Waals surface area contributed by atoms with Crippen LogP contribution < -0.4 is 5.56 Å². The van der Waals surface area contributed by atoms with Crippen LogP contribution in [-0.4, -0.2) is 9.78 Å². The molecular weight excluding hydrogens is 310 g/mol. The molecule has 3 rings (SSSR count). The second-order valence-electron chi connectivity index (χ2n) is 6.36. The predicted molar refractivity (Wildman–Crippen MR) is 100 cm³/mol. The van der Waals surface area contributed by atoms with Crippen LogP contribution in [-0.2, 0) is 6.54 Å². The van der Waals surface area contributed by atoms with Crippen molar-refractivity contribution in [2.24, 2.45) is 0 Å². The van der Waals surface area contributed by atoms with E-state index in [0.717, 1.165) is 35.0 Å². The van der Waals surface area contributed by atoms with E-state index >= 15 is 0 Å². The zero-order valence-corrected chi connectivity index (χ0v) is 14.6. The van der Waals surface area contributed by atoms with Crippen LogP contribution in [0.1, 0.15) is 30.4 Å². The maximum atomic E-state index is 12.8. The average Bonchev–Trinajstić information content (AvgIpc) is 2.63. The second kappa shape index (κ2) is 7.31. The molecule has 2 aromatic carbocycles. The largest absolute Gasteiger partial charge is 0.274 e. The van der Waals surface area contributed by atoms with Crippen LogP contribution in [0.5, 0.6) is 0 Å². The summed E-state index contributed by atoms with van der Waals surface area (Å²) >= 11 is 0. The molecule has 0 aliphatic rings. The summed E-state index contributed by atoms with van der Waals surface area (Å²) in [5.74, 6) is 0. The van der Waals surface area contributed by atoms with E-state index < -0.39 is 0 Å². The Kier molecular flexibility index (Phi) is 4.95. The Morgan fingerprint density at radius 2 is 1.84 bits per heavy atom. The molecule has 3 aromatic rings. The molecule has 0 atom stereocenters. The predicted octanol–water partition coefficient (Wildman–Crippen LogP) is 4.37. The van der Waals surface area contributed by atoms with Gasteiger partial charge in [-0.25, -0.2) is 4.68 Å². The van der Waals surface area contributed by atoms with Crippen LogP contribution in [0.3, 0.4) is 0 Å². The lowest BCUT2D eigenvalue weighted by Gasteiger charge is -2.13. The van der Waals surface area contributed by atoms with E-state index in [0.29, 0.717) is 18.4 Å². The van der Waals surface area contributed by atoms with Gasteiger partial charge in [0.15, 0.2) is 0 Å². The van der Waals surface area contributed by atoms with Crippen LogP contribution in [0, 0.1) is 25.2 Å². The molecule has 0 aliphatic carbocycles. The summed E-state index contributed by atoms with van der Waals surface area (Å²) in [7, 11) is 0. The minimum atomic E-state index is -0.0680. The molecule has 0 unspecified atom stereocenters. The first-order chi connectivity index (χ1) is 12.1. The SMILES string of the molecule is Cc1ccc(C)c(-c2nn(CCCCC#N)c(=O)c3ccccc23)c1. The Morgan fingerprint density at radius 1 is 1.08 bits per heavy atom. The molecule has 0 saturated heterocycles. The van der Waals surface area contributed by atoms with Gasteiger partial charge >= 0.3 is 0 Å². The van der Waals surface area contributed by atoms with Gasteiger partial charge in [0.25, 0.3) is 5.56 Å². The average molecular weight is 331 g/mol. The third kappa shape index (κ3) is 3.46. The number of benzene rings is 2. The molecule has 126 valence electrons. The fourth-order valence-electron chi connectivity index (χ4n) is 3.04. The highest BCUT2D eigenvalue weighted by Crippen LogP contribution is 2.28. The van der Waals surface area contributed by atoms with Gasteiger partial charge in [0.05, 0.1) is 17.1 Å². The van der Waals surface area contributed by atoms with Crippen LogP contribution in [0.25, 0.3) is 22.0 Å². The van der Waals surface area contributed by atoms with E-state index in [1.54, 1.807) is 4.68 Å². The van der Waals surface area contributed by atoms with Crippen molar-refractivity contribution in [3.05, 3.63) is 63.9 Å². The van der Waals surface area contributed by atoms with Crippen molar-refractivity contribution < 1.29 is 0 Å². The topological polar surface area (TPSA) is 58.7 Å². The van der Waals surface area contributed by atoms with Gasteiger partial charge in [-0.3, -0.25) is 4.79 Å². The molecule has 0 radical (unpaired) electrons. The van der Waals surface area contributed by atoms with E-state index in [1.807, 2.05) is 24.3 Å². The molecular formula is C21H21N3O. The van der Waals surface area contributed by atoms with Gasteiger partial charge in [0, 0.05) is 23.9 Å². The van der Waals surface area contributed by atoms with Gasteiger partial charge in [-0.15, -0.1) is 0 Å². The highest BCUT2D eigenvalue weighted by Gasteiger charge is 2.13. The third-order valence-electron chi connectivity index (χ3n) is 4.42. The van der Waals surface area contributed by atoms with Gasteiger partial charge in [-0.1, -0.05) is 35.9 Å². The Morgan fingerprint density at radius 3 is 2.60 bits per heavy atom. The minimum Gasteiger partial charge on any atom is -0.267 e. The lowest BCUT2D eigenvalue weighted by Crippen LogP contribution is -2.24. The van der Waals surface area contributed by atoms with Gasteiger partial charge in [0.1, 0.15) is 0 Å². The zero-order chi connectivity index (χ0) is 17.8. The van der Waals surface area contributed by atoms with E-state index in [-0.39, 0.29) is 5.56 Å². The summed E-state index contributed by atoms with van der Waals surface area (Å²) in [6, 6.07) is 16.1. The van der Waals surface area contributed by atoms with Crippen molar-refractivity contribution in [3.63, 3.8) is 0 Å². The lowest BCUT2D eigenvalue weighted by atomic mass is 9.99. The Hall–Kier alpha value is -2.93. The summed E-state index contributed by atoms with van der Waals surface area (Å²) < 4.78 is 1.55. The van der Waals surface area contributed by atoms with Crippen molar-refractivity contribution in [1.82, 2.24) is 9.78 Å². The smallest absolute Gasteiger partial charge is 0.267 e. The van der Waals surface area contributed by atoms with Crippen LogP contribution in [0.2, 0.25) is 0 Å². The molecule has 0 amide bonds. The summed E-state index contributed by atoms with van der Waals surface area (Å²) in [4.78, 5) is 12.8. The maximum Gasteiger partial charge on any atom is 0.274 e. The van der Waals surface area contributed by atoms with E-state index in [2.05, 4.69) is 38.1 Å². The van der Waals surface area contributed by atoms with E-state index in [4.69, 9.17) is 10.4 Å². The van der Waals surface area contributed by atoms with Gasteiger partial charge in [-0.05, 0) is 44.4 Å². The molecule has 0 spiro atoms. The number of unbranched alkanes of at least 4 members (excludes halogenated alkanes) is 2. The van der Waals surface area contributed by atoms with Gasteiger partial charge < -0.3 is 0 Å². The Labute approximate surface area is 147 Å². The molecule has 0 N–H and O–H groups in total. The number of aromatic nitrogens is 2. The highest BCUT2D eigenvalue weighted by molar-refractivity contribution is 5.94. The molecule has 0 aliphatic heterocycles. The number of nitrogens with zero attached hydrogens (tertiary/aromatic N) is 3. The number of fused-ring (bicyclic) bond motifs is 1. The van der Waals surface area contributed by atoms with E-state index in [9.17, 15) is 4.79 Å². The van der Waals surface area contributed by atoms with Crippen molar-refractivity contribution in [2.45, 2.75) is 39.7 Å². The summed E-state index contributed by atoms with van der Waals surface area (Å²) in [6.45, 7) is 4.65. The molecule has 0 saturated carbocycles. The minimum absolute atomic E-state index is 0.0680. The Balaban J connectivity index is 2.17. The summed E-state index contributed by atoms with van der Waals surface area (Å²) in [6.07, 6.45) is 2.05. The molecule has 4 nitrogen and oxygen atoms in total. The van der Waals surface area contributed by atoms with Crippen LogP contribution in [0.4, 0.5) is 0 Å². The first kappa shape index (κ1) is 16.9. The lowest BCUT2D eigenvalue weighted by molar-refractivity contribution is 0.541. The number of rotatable bonds is 5. The molecule has 0 fully saturated rings. The normalized spacial score (nSPS) is 10.8. The summed E-state index contributed by atoms with van der Waals surface area (Å²) in [5.41, 5.74) is 4.14. The summed E-state index contributed by atoms with van der Waals surface area (Å²) in [5, 5.41) is 14.9. The molecule has 25 heavy (non-hydrogen) atoms.